The highest BCUT2D eigenvalue weighted by molar-refractivity contribution is 7.99. The van der Waals surface area contributed by atoms with Crippen LogP contribution in [0.5, 0.6) is 0 Å². The lowest BCUT2D eigenvalue weighted by molar-refractivity contribution is 0.662. The van der Waals surface area contributed by atoms with E-state index in [1.165, 1.54) is 65.1 Å². The van der Waals surface area contributed by atoms with Crippen molar-refractivity contribution >= 4 is 22.5 Å². The topological polar surface area (TPSA) is 0 Å². The van der Waals surface area contributed by atoms with Gasteiger partial charge in [-0.3, -0.25) is 0 Å². The fourth-order valence-electron chi connectivity index (χ4n) is 5.91. The van der Waals surface area contributed by atoms with Gasteiger partial charge < -0.3 is 0 Å². The molecule has 0 radical (unpaired) electrons. The lowest BCUT2D eigenvalue weighted by Gasteiger charge is -2.27. The molecule has 5 aromatic rings. The predicted octanol–water partition coefficient (Wildman–Crippen LogP) is 8.94. The SMILES string of the molecule is CC1(C)c2ccccc2-c2cccc(-c3cccc4c3-c3cccc5cccc(c35)S4)c21. The molecule has 0 nitrogen and oxygen atoms in total. The van der Waals surface area contributed by atoms with E-state index in [2.05, 4.69) is 111 Å². The fraction of sp³-hybridized carbons (Fsp3) is 0.0968. The van der Waals surface area contributed by atoms with Crippen molar-refractivity contribution in [2.75, 3.05) is 0 Å². The Morgan fingerprint density at radius 3 is 2.00 bits per heavy atom. The molecule has 1 aliphatic heterocycles. The second-order valence-corrected chi connectivity index (χ2v) is 10.4. The van der Waals surface area contributed by atoms with Crippen molar-refractivity contribution in [3.05, 3.63) is 108 Å². The Morgan fingerprint density at radius 2 is 1.12 bits per heavy atom. The highest BCUT2D eigenvalue weighted by Gasteiger charge is 2.38. The van der Waals surface area contributed by atoms with Gasteiger partial charge in [-0.2, -0.15) is 0 Å². The Balaban J connectivity index is 1.57. The fourth-order valence-corrected chi connectivity index (χ4v) is 7.09. The molecule has 0 fully saturated rings. The molecule has 1 aliphatic carbocycles. The van der Waals surface area contributed by atoms with Gasteiger partial charge in [0.2, 0.25) is 0 Å². The van der Waals surface area contributed by atoms with Crippen LogP contribution in [0.25, 0.3) is 44.2 Å². The van der Waals surface area contributed by atoms with E-state index in [1.54, 1.807) is 0 Å². The summed E-state index contributed by atoms with van der Waals surface area (Å²) >= 11 is 1.90. The van der Waals surface area contributed by atoms with Crippen LogP contribution in [0.4, 0.5) is 0 Å². The molecule has 7 rings (SSSR count). The number of rotatable bonds is 1. The molecule has 0 atom stereocenters. The summed E-state index contributed by atoms with van der Waals surface area (Å²) in [6.45, 7) is 4.75. The first kappa shape index (κ1) is 18.3. The lowest BCUT2D eigenvalue weighted by Crippen LogP contribution is -2.16. The zero-order valence-electron chi connectivity index (χ0n) is 18.1. The summed E-state index contributed by atoms with van der Waals surface area (Å²) in [7, 11) is 0. The highest BCUT2D eigenvalue weighted by atomic mass is 32.2. The van der Waals surface area contributed by atoms with Crippen molar-refractivity contribution in [3.63, 3.8) is 0 Å². The first-order valence-electron chi connectivity index (χ1n) is 11.2. The average Bonchev–Trinajstić information content (AvgIpc) is 3.06. The molecule has 0 N–H and O–H groups in total. The third-order valence-corrected chi connectivity index (χ3v) is 8.37. The number of hydrogen-bond acceptors (Lipinski definition) is 1. The van der Waals surface area contributed by atoms with Crippen molar-refractivity contribution < 1.29 is 0 Å². The molecule has 0 bridgehead atoms. The molecule has 0 saturated heterocycles. The third-order valence-electron chi connectivity index (χ3n) is 7.25. The first-order valence-corrected chi connectivity index (χ1v) is 12.0. The smallest absolute Gasteiger partial charge is 0.0207 e. The van der Waals surface area contributed by atoms with Gasteiger partial charge in [0, 0.05) is 26.2 Å². The maximum Gasteiger partial charge on any atom is 0.0207 e. The Hall–Kier alpha value is -3.29. The zero-order chi connectivity index (χ0) is 21.4. The van der Waals surface area contributed by atoms with Crippen LogP contribution in [0.1, 0.15) is 25.0 Å². The van der Waals surface area contributed by atoms with Gasteiger partial charge in [0.15, 0.2) is 0 Å². The summed E-state index contributed by atoms with van der Waals surface area (Å²) in [6.07, 6.45) is 0. The Labute approximate surface area is 192 Å². The highest BCUT2D eigenvalue weighted by Crippen LogP contribution is 2.55. The summed E-state index contributed by atoms with van der Waals surface area (Å²) in [5.41, 5.74) is 11.0. The van der Waals surface area contributed by atoms with Crippen LogP contribution >= 0.6 is 11.8 Å². The maximum atomic E-state index is 2.38. The standard InChI is InChI=1S/C31H22S/c1-31(2)25-16-4-3-11-20(25)22-13-7-14-23(30(22)31)21-12-8-18-27-29(21)24-15-5-9-19-10-6-17-26(32-27)28(19)24/h3-18H,1-2H3. The monoisotopic (exact) mass is 426 g/mol. The number of benzene rings is 5. The summed E-state index contributed by atoms with van der Waals surface area (Å²) in [4.78, 5) is 2.70. The summed E-state index contributed by atoms with van der Waals surface area (Å²) in [6, 6.07) is 36.0. The number of hydrogen-bond donors (Lipinski definition) is 0. The van der Waals surface area contributed by atoms with Crippen molar-refractivity contribution in [1.29, 1.82) is 0 Å². The van der Waals surface area contributed by atoms with Gasteiger partial charge in [0.25, 0.3) is 0 Å². The van der Waals surface area contributed by atoms with Crippen LogP contribution in [0, 0.1) is 0 Å². The van der Waals surface area contributed by atoms with Crippen LogP contribution in [0.15, 0.2) is 107 Å². The van der Waals surface area contributed by atoms with Crippen LogP contribution in [-0.4, -0.2) is 0 Å². The first-order chi connectivity index (χ1) is 15.6. The minimum atomic E-state index is -0.0308. The molecule has 0 unspecified atom stereocenters. The van der Waals surface area contributed by atoms with E-state index < -0.39 is 0 Å². The van der Waals surface area contributed by atoms with Crippen LogP contribution in [0.3, 0.4) is 0 Å². The number of fused-ring (bicyclic) bond motifs is 5. The van der Waals surface area contributed by atoms with E-state index in [0.717, 1.165) is 0 Å². The van der Waals surface area contributed by atoms with E-state index in [0.29, 0.717) is 0 Å². The largest absolute Gasteiger partial charge is 0.0888 e. The maximum absolute atomic E-state index is 2.38. The predicted molar refractivity (Wildman–Crippen MR) is 137 cm³/mol. The Kier molecular flexibility index (Phi) is 3.64. The molecule has 5 aromatic carbocycles. The van der Waals surface area contributed by atoms with Crippen molar-refractivity contribution in [2.45, 2.75) is 29.1 Å². The molecule has 2 aliphatic rings. The minimum Gasteiger partial charge on any atom is -0.0888 e. The lowest BCUT2D eigenvalue weighted by atomic mass is 9.77. The average molecular weight is 427 g/mol. The molecule has 0 spiro atoms. The molecule has 0 saturated carbocycles. The van der Waals surface area contributed by atoms with E-state index in [9.17, 15) is 0 Å². The quantitative estimate of drug-likeness (QED) is 0.253. The van der Waals surface area contributed by atoms with Crippen LogP contribution < -0.4 is 0 Å². The van der Waals surface area contributed by atoms with Gasteiger partial charge in [0.05, 0.1) is 0 Å². The van der Waals surface area contributed by atoms with Gasteiger partial charge >= 0.3 is 0 Å². The zero-order valence-corrected chi connectivity index (χ0v) is 19.0. The second-order valence-electron chi connectivity index (χ2n) is 9.34. The molecule has 1 heteroatoms. The Bertz CT molecular complexity index is 1570. The van der Waals surface area contributed by atoms with Gasteiger partial charge in [-0.15, -0.1) is 0 Å². The van der Waals surface area contributed by atoms with Gasteiger partial charge in [-0.1, -0.05) is 111 Å². The van der Waals surface area contributed by atoms with Crippen LogP contribution in [0.2, 0.25) is 0 Å². The van der Waals surface area contributed by atoms with Crippen molar-refractivity contribution in [2.24, 2.45) is 0 Å². The van der Waals surface area contributed by atoms with E-state index in [1.807, 2.05) is 11.8 Å². The third kappa shape index (κ3) is 2.29. The van der Waals surface area contributed by atoms with Crippen molar-refractivity contribution in [1.82, 2.24) is 0 Å². The normalized spacial score (nSPS) is 14.7. The van der Waals surface area contributed by atoms with Gasteiger partial charge in [0.1, 0.15) is 0 Å². The Morgan fingerprint density at radius 1 is 0.531 bits per heavy atom. The molecule has 0 aromatic heterocycles. The van der Waals surface area contributed by atoms with E-state index in [-0.39, 0.29) is 5.41 Å². The molecule has 32 heavy (non-hydrogen) atoms. The molecule has 0 amide bonds. The van der Waals surface area contributed by atoms with E-state index >= 15 is 0 Å². The molecule has 152 valence electrons. The molecular weight excluding hydrogens is 404 g/mol. The second kappa shape index (κ2) is 6.37. The molecular formula is C31H22S. The van der Waals surface area contributed by atoms with Gasteiger partial charge in [-0.25, -0.2) is 0 Å². The molecule has 1 heterocycles. The summed E-state index contributed by atoms with van der Waals surface area (Å²) < 4.78 is 0. The van der Waals surface area contributed by atoms with Gasteiger partial charge in [-0.05, 0) is 56.5 Å². The summed E-state index contributed by atoms with van der Waals surface area (Å²) in [5, 5.41) is 2.70. The van der Waals surface area contributed by atoms with Crippen LogP contribution in [-0.2, 0) is 5.41 Å². The summed E-state index contributed by atoms with van der Waals surface area (Å²) in [5.74, 6) is 0. The minimum absolute atomic E-state index is 0.0308. The van der Waals surface area contributed by atoms with Crippen molar-refractivity contribution in [3.8, 4) is 33.4 Å². The van der Waals surface area contributed by atoms with E-state index in [4.69, 9.17) is 0 Å².